The average Bonchev–Trinajstić information content (AvgIpc) is 3.53. The van der Waals surface area contributed by atoms with Gasteiger partial charge in [0.2, 0.25) is 12.4 Å². The number of aromatic nitrogens is 2. The predicted molar refractivity (Wildman–Crippen MR) is 120 cm³/mol. The first-order chi connectivity index (χ1) is 15.5. The maximum atomic E-state index is 12.7. The van der Waals surface area contributed by atoms with Gasteiger partial charge in [-0.1, -0.05) is 0 Å². The molecule has 1 amide bonds. The van der Waals surface area contributed by atoms with Crippen molar-refractivity contribution < 1.29 is 22.5 Å². The standard InChI is InChI=1S/C21H25N5O5S/c27-12-11-22-9-10-23-15-1-6-18(7-2-15)32(29,30)31-17-5-8-19-20(13-17)25-21(24-19)26(14-28)16-3-4-16/h1-2,5-8,13-14,16,22-23,27H,3-4,9-12H2,(H,24,25). The van der Waals surface area contributed by atoms with E-state index in [-0.39, 0.29) is 23.3 Å². The van der Waals surface area contributed by atoms with E-state index in [9.17, 15) is 13.2 Å². The number of H-pyrrole nitrogens is 1. The molecule has 0 unspecified atom stereocenters. The third-order valence-corrected chi connectivity index (χ3v) is 6.27. The van der Waals surface area contributed by atoms with Crippen molar-refractivity contribution in [3.63, 3.8) is 0 Å². The van der Waals surface area contributed by atoms with Crippen molar-refractivity contribution in [1.82, 2.24) is 15.3 Å². The maximum absolute atomic E-state index is 12.7. The number of rotatable bonds is 12. The van der Waals surface area contributed by atoms with Gasteiger partial charge in [0.1, 0.15) is 10.6 Å². The summed E-state index contributed by atoms with van der Waals surface area (Å²) in [6.45, 7) is 1.92. The molecular weight excluding hydrogens is 434 g/mol. The number of benzene rings is 2. The van der Waals surface area contributed by atoms with E-state index in [4.69, 9.17) is 9.29 Å². The number of aromatic amines is 1. The van der Waals surface area contributed by atoms with Crippen LogP contribution in [0.1, 0.15) is 12.8 Å². The normalized spacial score (nSPS) is 13.8. The molecule has 11 heteroatoms. The Morgan fingerprint density at radius 3 is 2.62 bits per heavy atom. The fourth-order valence-electron chi connectivity index (χ4n) is 3.22. The summed E-state index contributed by atoms with van der Waals surface area (Å²) in [6, 6.07) is 11.2. The topological polar surface area (TPSA) is 137 Å². The Kier molecular flexibility index (Phi) is 6.58. The van der Waals surface area contributed by atoms with Crippen molar-refractivity contribution in [2.45, 2.75) is 23.8 Å². The summed E-state index contributed by atoms with van der Waals surface area (Å²) < 4.78 is 30.7. The Hall–Kier alpha value is -3.15. The minimum atomic E-state index is -4.02. The fraction of sp³-hybridized carbons (Fsp3) is 0.333. The summed E-state index contributed by atoms with van der Waals surface area (Å²) in [6.07, 6.45) is 2.63. The van der Waals surface area contributed by atoms with Gasteiger partial charge in [-0.25, -0.2) is 4.98 Å². The number of carbonyl (C=O) groups excluding carboxylic acids is 1. The van der Waals surface area contributed by atoms with E-state index >= 15 is 0 Å². The molecule has 4 rings (SSSR count). The van der Waals surface area contributed by atoms with E-state index in [0.29, 0.717) is 36.6 Å². The Labute approximate surface area is 185 Å². The van der Waals surface area contributed by atoms with Crippen LogP contribution in [0.4, 0.5) is 11.6 Å². The van der Waals surface area contributed by atoms with Crippen LogP contribution in [-0.2, 0) is 14.9 Å². The Bertz CT molecular complexity index is 1180. The van der Waals surface area contributed by atoms with E-state index in [2.05, 4.69) is 20.6 Å². The second-order valence-electron chi connectivity index (χ2n) is 7.45. The molecule has 10 nitrogen and oxygen atoms in total. The number of amides is 1. The highest BCUT2D eigenvalue weighted by atomic mass is 32.2. The minimum absolute atomic E-state index is 0.0349. The molecule has 1 saturated carbocycles. The molecule has 0 bridgehead atoms. The molecule has 1 heterocycles. The molecule has 1 aliphatic rings. The second-order valence-corrected chi connectivity index (χ2v) is 8.99. The molecule has 2 aromatic carbocycles. The van der Waals surface area contributed by atoms with Gasteiger partial charge < -0.3 is 24.9 Å². The molecule has 1 aromatic heterocycles. The molecule has 3 aromatic rings. The van der Waals surface area contributed by atoms with Gasteiger partial charge in [-0.3, -0.25) is 9.69 Å². The maximum Gasteiger partial charge on any atom is 0.339 e. The minimum Gasteiger partial charge on any atom is -0.395 e. The molecule has 0 saturated heterocycles. The van der Waals surface area contributed by atoms with Crippen molar-refractivity contribution in [1.29, 1.82) is 0 Å². The number of carbonyl (C=O) groups is 1. The van der Waals surface area contributed by atoms with Crippen LogP contribution in [0.2, 0.25) is 0 Å². The zero-order chi connectivity index (χ0) is 22.6. The summed E-state index contributed by atoms with van der Waals surface area (Å²) in [7, 11) is -4.02. The van der Waals surface area contributed by atoms with Crippen LogP contribution in [0.5, 0.6) is 5.75 Å². The van der Waals surface area contributed by atoms with Crippen molar-refractivity contribution in [2.75, 3.05) is 36.5 Å². The van der Waals surface area contributed by atoms with E-state index in [0.717, 1.165) is 24.9 Å². The van der Waals surface area contributed by atoms with Gasteiger partial charge in [0.15, 0.2) is 0 Å². The van der Waals surface area contributed by atoms with Crippen LogP contribution in [-0.4, -0.2) is 62.2 Å². The Morgan fingerprint density at radius 2 is 1.94 bits per heavy atom. The van der Waals surface area contributed by atoms with Gasteiger partial charge in [0, 0.05) is 37.4 Å². The molecule has 0 spiro atoms. The summed E-state index contributed by atoms with van der Waals surface area (Å²) in [5, 5.41) is 14.9. The first-order valence-electron chi connectivity index (χ1n) is 10.3. The second kappa shape index (κ2) is 9.55. The molecule has 4 N–H and O–H groups in total. The zero-order valence-electron chi connectivity index (χ0n) is 17.3. The van der Waals surface area contributed by atoms with Gasteiger partial charge in [0.05, 0.1) is 17.6 Å². The molecule has 1 aliphatic carbocycles. The van der Waals surface area contributed by atoms with Gasteiger partial charge in [0.25, 0.3) is 0 Å². The van der Waals surface area contributed by atoms with Crippen LogP contribution >= 0.6 is 0 Å². The first-order valence-corrected chi connectivity index (χ1v) is 11.7. The van der Waals surface area contributed by atoms with Crippen LogP contribution in [0, 0.1) is 0 Å². The molecular formula is C21H25N5O5S. The molecule has 1 fully saturated rings. The number of nitrogens with zero attached hydrogens (tertiary/aromatic N) is 2. The van der Waals surface area contributed by atoms with E-state index < -0.39 is 10.1 Å². The van der Waals surface area contributed by atoms with Gasteiger partial charge in [-0.2, -0.15) is 8.42 Å². The van der Waals surface area contributed by atoms with Gasteiger partial charge in [-0.15, -0.1) is 0 Å². The Balaban J connectivity index is 1.42. The molecule has 0 aliphatic heterocycles. The predicted octanol–water partition coefficient (Wildman–Crippen LogP) is 1.45. The van der Waals surface area contributed by atoms with E-state index in [1.54, 1.807) is 29.2 Å². The third kappa shape index (κ3) is 5.18. The lowest BCUT2D eigenvalue weighted by atomic mass is 10.3. The van der Waals surface area contributed by atoms with Crippen molar-refractivity contribution in [2.24, 2.45) is 0 Å². The number of imidazole rings is 1. The van der Waals surface area contributed by atoms with Gasteiger partial charge >= 0.3 is 10.1 Å². The lowest BCUT2D eigenvalue weighted by molar-refractivity contribution is -0.107. The number of aliphatic hydroxyl groups is 1. The van der Waals surface area contributed by atoms with Crippen molar-refractivity contribution in [3.8, 4) is 5.75 Å². The Morgan fingerprint density at radius 1 is 1.16 bits per heavy atom. The highest BCUT2D eigenvalue weighted by molar-refractivity contribution is 7.87. The number of aliphatic hydroxyl groups excluding tert-OH is 1. The number of hydrogen-bond acceptors (Lipinski definition) is 8. The first kappa shape index (κ1) is 22.1. The monoisotopic (exact) mass is 459 g/mol. The number of anilines is 2. The zero-order valence-corrected chi connectivity index (χ0v) is 18.1. The summed E-state index contributed by atoms with van der Waals surface area (Å²) in [5.41, 5.74) is 1.97. The summed E-state index contributed by atoms with van der Waals surface area (Å²) in [4.78, 5) is 20.4. The van der Waals surface area contributed by atoms with Crippen molar-refractivity contribution >= 4 is 39.2 Å². The number of nitrogens with one attached hydrogen (secondary N) is 3. The number of hydrogen-bond donors (Lipinski definition) is 4. The SMILES string of the molecule is O=CN(c1nc2ccc(OS(=O)(=O)c3ccc(NCCNCCO)cc3)cc2[nH]1)C1CC1. The van der Waals surface area contributed by atoms with Gasteiger partial charge in [-0.05, 0) is 49.2 Å². The molecule has 0 radical (unpaired) electrons. The third-order valence-electron chi connectivity index (χ3n) is 5.01. The summed E-state index contributed by atoms with van der Waals surface area (Å²) >= 11 is 0. The van der Waals surface area contributed by atoms with E-state index in [1.807, 2.05) is 0 Å². The van der Waals surface area contributed by atoms with Crippen LogP contribution in [0.25, 0.3) is 11.0 Å². The van der Waals surface area contributed by atoms with E-state index in [1.165, 1.54) is 18.2 Å². The number of fused-ring (bicyclic) bond motifs is 1. The summed E-state index contributed by atoms with van der Waals surface area (Å²) in [5.74, 6) is 0.584. The largest absolute Gasteiger partial charge is 0.395 e. The highest BCUT2D eigenvalue weighted by Gasteiger charge is 2.31. The quantitative estimate of drug-likeness (QED) is 0.181. The average molecular weight is 460 g/mol. The lowest BCUT2D eigenvalue weighted by Gasteiger charge is -2.11. The smallest absolute Gasteiger partial charge is 0.339 e. The fourth-order valence-corrected chi connectivity index (χ4v) is 4.15. The molecule has 0 atom stereocenters. The molecule has 32 heavy (non-hydrogen) atoms. The lowest BCUT2D eigenvalue weighted by Crippen LogP contribution is -2.24. The van der Waals surface area contributed by atoms with Crippen LogP contribution in [0.3, 0.4) is 0 Å². The van der Waals surface area contributed by atoms with Crippen molar-refractivity contribution in [3.05, 3.63) is 42.5 Å². The molecule has 170 valence electrons. The highest BCUT2D eigenvalue weighted by Crippen LogP contribution is 2.31. The van der Waals surface area contributed by atoms with Crippen LogP contribution in [0.15, 0.2) is 47.4 Å². The van der Waals surface area contributed by atoms with Crippen LogP contribution < -0.4 is 19.7 Å².